The van der Waals surface area contributed by atoms with Gasteiger partial charge in [-0.25, -0.2) is 0 Å². The molecule has 0 aliphatic heterocycles. The molecule has 0 fully saturated rings. The van der Waals surface area contributed by atoms with E-state index in [1.54, 1.807) is 20.0 Å². The number of hydrogen-bond donors (Lipinski definition) is 2. The van der Waals surface area contributed by atoms with Crippen LogP contribution in [0.25, 0.3) is 0 Å². The Kier molecular flexibility index (Phi) is 5.71. The topological polar surface area (TPSA) is 77.1 Å². The average molecular weight is 311 g/mol. The van der Waals surface area contributed by atoms with Crippen molar-refractivity contribution in [3.05, 3.63) is 27.1 Å². The molecular weight excluding hydrogens is 297 g/mol. The van der Waals surface area contributed by atoms with Crippen molar-refractivity contribution in [1.29, 1.82) is 0 Å². The molecule has 3 N–H and O–H groups in total. The number of nitrogens with zero attached hydrogens (tertiary/aromatic N) is 1. The van der Waals surface area contributed by atoms with Gasteiger partial charge in [0, 0.05) is 13.2 Å². The molecule has 0 aliphatic rings. The molecule has 1 rings (SSSR count). The zero-order chi connectivity index (χ0) is 11.6. The number of carbonyl (C=O) groups excluding carboxylic acids is 1. The molecule has 0 bridgehead atoms. The molecule has 90 valence electrons. The van der Waals surface area contributed by atoms with Crippen LogP contribution in [0.3, 0.4) is 0 Å². The monoisotopic (exact) mass is 309 g/mol. The molecule has 7 heteroatoms. The predicted molar refractivity (Wildman–Crippen MR) is 68.9 cm³/mol. The summed E-state index contributed by atoms with van der Waals surface area (Å²) in [5.41, 5.74) is 5.77. The third-order valence-electron chi connectivity index (χ3n) is 1.82. The Morgan fingerprint density at radius 1 is 1.62 bits per heavy atom. The molecular formula is C9H13BrClN3O2. The van der Waals surface area contributed by atoms with Crippen LogP contribution >= 0.6 is 28.3 Å². The van der Waals surface area contributed by atoms with Crippen LogP contribution in [0.2, 0.25) is 0 Å². The second-order valence-electron chi connectivity index (χ2n) is 3.27. The molecule has 1 aromatic heterocycles. The number of amides is 1. The standard InChI is InChI=1S/C9H12BrN3O2.ClH/c1-5(11)8(14)12-6-3-7(10)9(15)13(2)4-6;/h3-5H,11H2,1-2H3,(H,12,14);1H/t5-;/m1./s1. The van der Waals surface area contributed by atoms with Gasteiger partial charge in [-0.3, -0.25) is 9.59 Å². The Balaban J connectivity index is 0.00000225. The number of hydrogen-bond acceptors (Lipinski definition) is 3. The van der Waals surface area contributed by atoms with Gasteiger partial charge in [-0.2, -0.15) is 0 Å². The Hall–Kier alpha value is -0.850. The molecule has 0 aromatic carbocycles. The van der Waals surface area contributed by atoms with Crippen LogP contribution in [0.5, 0.6) is 0 Å². The number of nitrogens with two attached hydrogens (primary N) is 1. The van der Waals surface area contributed by atoms with Crippen LogP contribution in [0.4, 0.5) is 5.69 Å². The van der Waals surface area contributed by atoms with Crippen LogP contribution in [0.1, 0.15) is 6.92 Å². The summed E-state index contributed by atoms with van der Waals surface area (Å²) >= 11 is 3.11. The lowest BCUT2D eigenvalue weighted by Gasteiger charge is -2.09. The first kappa shape index (κ1) is 15.2. The first-order chi connectivity index (χ1) is 6.91. The number of anilines is 1. The smallest absolute Gasteiger partial charge is 0.264 e. The van der Waals surface area contributed by atoms with E-state index in [9.17, 15) is 9.59 Å². The molecule has 5 nitrogen and oxygen atoms in total. The van der Waals surface area contributed by atoms with Crippen molar-refractivity contribution in [1.82, 2.24) is 4.57 Å². The molecule has 0 saturated heterocycles. The Labute approximate surface area is 108 Å². The minimum absolute atomic E-state index is 0. The van der Waals surface area contributed by atoms with Gasteiger partial charge in [-0.1, -0.05) is 0 Å². The molecule has 0 radical (unpaired) electrons. The Morgan fingerprint density at radius 3 is 2.62 bits per heavy atom. The van der Waals surface area contributed by atoms with Crippen molar-refractivity contribution in [2.45, 2.75) is 13.0 Å². The van der Waals surface area contributed by atoms with Gasteiger partial charge in [0.15, 0.2) is 0 Å². The highest BCUT2D eigenvalue weighted by atomic mass is 79.9. The number of aryl methyl sites for hydroxylation is 1. The lowest BCUT2D eigenvalue weighted by atomic mass is 10.3. The van der Waals surface area contributed by atoms with E-state index in [4.69, 9.17) is 5.73 Å². The first-order valence-corrected chi connectivity index (χ1v) is 5.13. The number of nitrogens with one attached hydrogen (secondary N) is 1. The van der Waals surface area contributed by atoms with Gasteiger partial charge in [-0.05, 0) is 28.9 Å². The zero-order valence-electron chi connectivity index (χ0n) is 8.86. The van der Waals surface area contributed by atoms with Crippen molar-refractivity contribution in [2.75, 3.05) is 5.32 Å². The van der Waals surface area contributed by atoms with E-state index in [-0.39, 0.29) is 23.9 Å². The third kappa shape index (κ3) is 3.62. The van der Waals surface area contributed by atoms with Crippen LogP contribution in [0.15, 0.2) is 21.5 Å². The lowest BCUT2D eigenvalue weighted by Crippen LogP contribution is -2.33. The fourth-order valence-corrected chi connectivity index (χ4v) is 1.52. The van der Waals surface area contributed by atoms with E-state index in [0.717, 1.165) is 0 Å². The summed E-state index contributed by atoms with van der Waals surface area (Å²) in [6, 6.07) is 0.962. The van der Waals surface area contributed by atoms with Crippen molar-refractivity contribution in [2.24, 2.45) is 12.8 Å². The minimum Gasteiger partial charge on any atom is -0.323 e. The molecule has 1 heterocycles. The van der Waals surface area contributed by atoms with E-state index >= 15 is 0 Å². The third-order valence-corrected chi connectivity index (χ3v) is 2.39. The highest BCUT2D eigenvalue weighted by Crippen LogP contribution is 2.11. The lowest BCUT2D eigenvalue weighted by molar-refractivity contribution is -0.117. The van der Waals surface area contributed by atoms with Gasteiger partial charge < -0.3 is 15.6 Å². The van der Waals surface area contributed by atoms with E-state index in [1.165, 1.54) is 10.8 Å². The summed E-state index contributed by atoms with van der Waals surface area (Å²) in [6.07, 6.45) is 1.54. The summed E-state index contributed by atoms with van der Waals surface area (Å²) in [5, 5.41) is 2.60. The van der Waals surface area contributed by atoms with Crippen LogP contribution in [-0.4, -0.2) is 16.5 Å². The molecule has 0 unspecified atom stereocenters. The molecule has 0 saturated carbocycles. The highest BCUT2D eigenvalue weighted by Gasteiger charge is 2.09. The quantitative estimate of drug-likeness (QED) is 0.850. The summed E-state index contributed by atoms with van der Waals surface area (Å²) in [5.74, 6) is -0.291. The SMILES string of the molecule is C[C@@H](N)C(=O)Nc1cc(Br)c(=O)n(C)c1.Cl. The van der Waals surface area contributed by atoms with Crippen molar-refractivity contribution in [3.8, 4) is 0 Å². The van der Waals surface area contributed by atoms with Gasteiger partial charge in [0.05, 0.1) is 16.2 Å². The van der Waals surface area contributed by atoms with Gasteiger partial charge >= 0.3 is 0 Å². The minimum atomic E-state index is -0.582. The number of pyridine rings is 1. The van der Waals surface area contributed by atoms with Crippen LogP contribution < -0.4 is 16.6 Å². The summed E-state index contributed by atoms with van der Waals surface area (Å²) in [6.45, 7) is 1.59. The summed E-state index contributed by atoms with van der Waals surface area (Å²) in [4.78, 5) is 22.6. The Morgan fingerprint density at radius 2 is 2.19 bits per heavy atom. The molecule has 0 aliphatic carbocycles. The number of rotatable bonds is 2. The highest BCUT2D eigenvalue weighted by molar-refractivity contribution is 9.10. The van der Waals surface area contributed by atoms with Gasteiger partial charge in [0.25, 0.3) is 5.56 Å². The van der Waals surface area contributed by atoms with E-state index in [2.05, 4.69) is 21.2 Å². The summed E-state index contributed by atoms with van der Waals surface area (Å²) in [7, 11) is 1.61. The fourth-order valence-electron chi connectivity index (χ4n) is 0.996. The second-order valence-corrected chi connectivity index (χ2v) is 4.13. The number of aromatic nitrogens is 1. The second kappa shape index (κ2) is 6.03. The molecule has 1 amide bonds. The fraction of sp³-hybridized carbons (Fsp3) is 0.333. The Bertz CT molecular complexity index is 419. The maximum Gasteiger partial charge on any atom is 0.264 e. The molecule has 0 spiro atoms. The van der Waals surface area contributed by atoms with Crippen molar-refractivity contribution in [3.63, 3.8) is 0 Å². The normalized spacial score (nSPS) is 11.5. The molecule has 16 heavy (non-hydrogen) atoms. The number of halogens is 2. The largest absolute Gasteiger partial charge is 0.323 e. The maximum absolute atomic E-state index is 11.3. The zero-order valence-corrected chi connectivity index (χ0v) is 11.3. The first-order valence-electron chi connectivity index (χ1n) is 4.34. The predicted octanol–water partition coefficient (Wildman–Crippen LogP) is 0.855. The van der Waals surface area contributed by atoms with Gasteiger partial charge in [0.1, 0.15) is 0 Å². The van der Waals surface area contributed by atoms with Gasteiger partial charge in [-0.15, -0.1) is 12.4 Å². The van der Waals surface area contributed by atoms with E-state index < -0.39 is 6.04 Å². The van der Waals surface area contributed by atoms with Crippen LogP contribution in [0, 0.1) is 0 Å². The molecule has 1 aromatic rings. The van der Waals surface area contributed by atoms with Crippen molar-refractivity contribution >= 4 is 39.9 Å². The molecule has 1 atom stereocenters. The van der Waals surface area contributed by atoms with E-state index in [1.807, 2.05) is 0 Å². The maximum atomic E-state index is 11.3. The number of carbonyl (C=O) groups is 1. The van der Waals surface area contributed by atoms with Gasteiger partial charge in [0.2, 0.25) is 5.91 Å². The summed E-state index contributed by atoms with van der Waals surface area (Å²) < 4.78 is 1.77. The van der Waals surface area contributed by atoms with Crippen molar-refractivity contribution < 1.29 is 4.79 Å². The van der Waals surface area contributed by atoms with E-state index in [0.29, 0.717) is 10.2 Å². The average Bonchev–Trinajstić information content (AvgIpc) is 2.13. The van der Waals surface area contributed by atoms with Crippen LogP contribution in [-0.2, 0) is 11.8 Å².